The molecule has 2 aromatic carbocycles. The smallest absolute Gasteiger partial charge is 0.262 e. The summed E-state index contributed by atoms with van der Waals surface area (Å²) >= 11 is 11.9. The molecule has 9 heteroatoms. The summed E-state index contributed by atoms with van der Waals surface area (Å²) in [6.45, 7) is -0.251. The number of benzene rings is 2. The molecule has 130 valence electrons. The molecule has 2 amide bonds. The van der Waals surface area contributed by atoms with Crippen LogP contribution in [0.5, 0.6) is 5.75 Å². The predicted molar refractivity (Wildman–Crippen MR) is 94.1 cm³/mol. The molecule has 3 rings (SSSR count). The van der Waals surface area contributed by atoms with Crippen LogP contribution in [0.4, 0.5) is 21.5 Å². The minimum atomic E-state index is -0.589. The summed E-state index contributed by atoms with van der Waals surface area (Å²) in [6, 6.07) is 6.96. The lowest BCUT2D eigenvalue weighted by Gasteiger charge is -2.20. The number of fused-ring (bicyclic) bond motifs is 1. The van der Waals surface area contributed by atoms with Crippen LogP contribution in [-0.2, 0) is 9.59 Å². The van der Waals surface area contributed by atoms with Gasteiger partial charge in [-0.3, -0.25) is 9.59 Å². The van der Waals surface area contributed by atoms with Gasteiger partial charge < -0.3 is 20.7 Å². The van der Waals surface area contributed by atoms with Gasteiger partial charge in [0.25, 0.3) is 5.91 Å². The summed E-state index contributed by atoms with van der Waals surface area (Å²) in [5.41, 5.74) is 0.886. The molecule has 0 bridgehead atoms. The van der Waals surface area contributed by atoms with E-state index in [1.165, 1.54) is 18.2 Å². The van der Waals surface area contributed by atoms with E-state index >= 15 is 0 Å². The highest BCUT2D eigenvalue weighted by molar-refractivity contribution is 6.33. The molecular weight excluding hydrogens is 372 g/mol. The molecule has 1 aliphatic heterocycles. The molecule has 1 heterocycles. The summed E-state index contributed by atoms with van der Waals surface area (Å²) in [6.07, 6.45) is 0. The Morgan fingerprint density at radius 3 is 2.84 bits per heavy atom. The van der Waals surface area contributed by atoms with E-state index in [0.717, 1.165) is 6.07 Å². The number of nitrogens with one attached hydrogen (secondary N) is 3. The zero-order valence-electron chi connectivity index (χ0n) is 12.7. The van der Waals surface area contributed by atoms with E-state index in [9.17, 15) is 14.0 Å². The lowest BCUT2D eigenvalue weighted by atomic mass is 10.2. The van der Waals surface area contributed by atoms with Gasteiger partial charge in [-0.15, -0.1) is 0 Å². The molecule has 3 N–H and O–H groups in total. The Kier molecular flexibility index (Phi) is 4.96. The molecule has 2 aromatic rings. The third-order valence-electron chi connectivity index (χ3n) is 3.34. The second kappa shape index (κ2) is 7.16. The minimum Gasteiger partial charge on any atom is -0.482 e. The third kappa shape index (κ3) is 4.12. The van der Waals surface area contributed by atoms with E-state index < -0.39 is 11.7 Å². The van der Waals surface area contributed by atoms with Crippen LogP contribution in [0.15, 0.2) is 30.3 Å². The first-order chi connectivity index (χ1) is 11.9. The zero-order chi connectivity index (χ0) is 18.0. The Morgan fingerprint density at radius 2 is 2.04 bits per heavy atom. The van der Waals surface area contributed by atoms with Gasteiger partial charge in [0.1, 0.15) is 11.6 Å². The average Bonchev–Trinajstić information content (AvgIpc) is 2.56. The van der Waals surface area contributed by atoms with Crippen molar-refractivity contribution >= 4 is 52.1 Å². The quantitative estimate of drug-likeness (QED) is 0.754. The highest BCUT2D eigenvalue weighted by Crippen LogP contribution is 2.36. The summed E-state index contributed by atoms with van der Waals surface area (Å²) < 4.78 is 18.9. The van der Waals surface area contributed by atoms with Crippen LogP contribution in [0.2, 0.25) is 10.0 Å². The van der Waals surface area contributed by atoms with Crippen LogP contribution in [0.1, 0.15) is 0 Å². The number of hydrogen-bond acceptors (Lipinski definition) is 4. The predicted octanol–water partition coefficient (Wildman–Crippen LogP) is 3.51. The van der Waals surface area contributed by atoms with Gasteiger partial charge in [-0.2, -0.15) is 0 Å². The fraction of sp³-hybridized carbons (Fsp3) is 0.125. The van der Waals surface area contributed by atoms with Crippen LogP contribution < -0.4 is 20.7 Å². The van der Waals surface area contributed by atoms with Gasteiger partial charge >= 0.3 is 0 Å². The van der Waals surface area contributed by atoms with Gasteiger partial charge in [0.05, 0.1) is 28.6 Å². The Morgan fingerprint density at radius 1 is 1.24 bits per heavy atom. The standard InChI is InChI=1S/C16H12Cl2FN3O3/c17-8-1-2-10(19)12(3-8)21-15(23)6-20-11-5-14-13(4-9(11)18)22-16(24)7-25-14/h1-5,20H,6-7H2,(H,21,23)(H,22,24). The average molecular weight is 384 g/mol. The van der Waals surface area contributed by atoms with Gasteiger partial charge in [0.15, 0.2) is 6.61 Å². The third-order valence-corrected chi connectivity index (χ3v) is 3.89. The van der Waals surface area contributed by atoms with E-state index in [4.69, 9.17) is 27.9 Å². The number of rotatable bonds is 4. The van der Waals surface area contributed by atoms with Gasteiger partial charge in [0.2, 0.25) is 5.91 Å². The number of halogens is 3. The fourth-order valence-electron chi connectivity index (χ4n) is 2.20. The molecule has 0 saturated heterocycles. The van der Waals surface area contributed by atoms with E-state index in [2.05, 4.69) is 16.0 Å². The maximum Gasteiger partial charge on any atom is 0.262 e. The van der Waals surface area contributed by atoms with E-state index in [1.807, 2.05) is 0 Å². The second-order valence-corrected chi connectivity index (χ2v) is 6.03. The Hall–Kier alpha value is -2.51. The maximum atomic E-state index is 13.6. The molecule has 0 aliphatic carbocycles. The molecule has 0 atom stereocenters. The first kappa shape index (κ1) is 17.3. The number of amides is 2. The normalized spacial score (nSPS) is 12.7. The number of carbonyl (C=O) groups excluding carboxylic acids is 2. The van der Waals surface area contributed by atoms with Crippen molar-refractivity contribution in [3.63, 3.8) is 0 Å². The van der Waals surface area contributed by atoms with Gasteiger partial charge in [-0.05, 0) is 24.3 Å². The van der Waals surface area contributed by atoms with Gasteiger partial charge in [0, 0.05) is 11.1 Å². The molecule has 25 heavy (non-hydrogen) atoms. The summed E-state index contributed by atoms with van der Waals surface area (Å²) in [7, 11) is 0. The molecule has 0 unspecified atom stereocenters. The molecule has 1 aliphatic rings. The fourth-order valence-corrected chi connectivity index (χ4v) is 2.60. The molecule has 0 saturated carbocycles. The molecule has 6 nitrogen and oxygen atoms in total. The van der Waals surface area contributed by atoms with E-state index in [1.54, 1.807) is 6.07 Å². The first-order valence-corrected chi connectivity index (χ1v) is 7.93. The van der Waals surface area contributed by atoms with Gasteiger partial charge in [-0.25, -0.2) is 4.39 Å². The first-order valence-electron chi connectivity index (χ1n) is 7.17. The van der Waals surface area contributed by atoms with E-state index in [0.29, 0.717) is 27.2 Å². The van der Waals surface area contributed by atoms with Gasteiger partial charge in [-0.1, -0.05) is 23.2 Å². The van der Waals surface area contributed by atoms with Crippen molar-refractivity contribution < 1.29 is 18.7 Å². The molecule has 0 fully saturated rings. The molecule has 0 spiro atoms. The highest BCUT2D eigenvalue weighted by atomic mass is 35.5. The van der Waals surface area contributed by atoms with Crippen molar-refractivity contribution in [3.05, 3.63) is 46.2 Å². The van der Waals surface area contributed by atoms with Crippen LogP contribution in [-0.4, -0.2) is 25.0 Å². The Labute approximate surface area is 152 Å². The highest BCUT2D eigenvalue weighted by Gasteiger charge is 2.18. The van der Waals surface area contributed by atoms with Crippen molar-refractivity contribution in [1.29, 1.82) is 0 Å². The second-order valence-electron chi connectivity index (χ2n) is 5.19. The number of anilines is 3. The van der Waals surface area contributed by atoms with Crippen LogP contribution >= 0.6 is 23.2 Å². The summed E-state index contributed by atoms with van der Waals surface area (Å²) in [5.74, 6) is -0.905. The Bertz CT molecular complexity index is 861. The van der Waals surface area contributed by atoms with Crippen molar-refractivity contribution in [2.45, 2.75) is 0 Å². The summed E-state index contributed by atoms with van der Waals surface area (Å²) in [4.78, 5) is 23.3. The largest absolute Gasteiger partial charge is 0.482 e. The monoisotopic (exact) mass is 383 g/mol. The minimum absolute atomic E-state index is 0.0121. The maximum absolute atomic E-state index is 13.6. The van der Waals surface area contributed by atoms with Crippen molar-refractivity contribution in [2.24, 2.45) is 0 Å². The SMILES string of the molecule is O=C(CNc1cc2c(cc1Cl)NC(=O)CO2)Nc1cc(Cl)ccc1F. The van der Waals surface area contributed by atoms with Crippen LogP contribution in [0.25, 0.3) is 0 Å². The molecule has 0 aromatic heterocycles. The van der Waals surface area contributed by atoms with E-state index in [-0.39, 0.29) is 24.7 Å². The lowest BCUT2D eigenvalue weighted by molar-refractivity contribution is -0.118. The summed E-state index contributed by atoms with van der Waals surface area (Å²) in [5, 5.41) is 8.48. The van der Waals surface area contributed by atoms with Crippen LogP contribution in [0, 0.1) is 5.82 Å². The zero-order valence-corrected chi connectivity index (χ0v) is 14.2. The number of ether oxygens (including phenoxy) is 1. The van der Waals surface area contributed by atoms with Crippen molar-refractivity contribution in [2.75, 3.05) is 29.1 Å². The lowest BCUT2D eigenvalue weighted by Crippen LogP contribution is -2.26. The van der Waals surface area contributed by atoms with Crippen LogP contribution in [0.3, 0.4) is 0 Å². The number of hydrogen-bond donors (Lipinski definition) is 3. The van der Waals surface area contributed by atoms with Crippen molar-refractivity contribution in [1.82, 2.24) is 0 Å². The molecule has 0 radical (unpaired) electrons. The Balaban J connectivity index is 1.66. The number of carbonyl (C=O) groups is 2. The van der Waals surface area contributed by atoms with Crippen molar-refractivity contribution in [3.8, 4) is 5.75 Å². The topological polar surface area (TPSA) is 79.5 Å². The molecular formula is C16H12Cl2FN3O3.